The summed E-state index contributed by atoms with van der Waals surface area (Å²) in [5, 5.41) is 6.94. The van der Waals surface area contributed by atoms with Crippen molar-refractivity contribution in [3.05, 3.63) is 35.9 Å². The van der Waals surface area contributed by atoms with Gasteiger partial charge in [0.05, 0.1) is 19.1 Å². The predicted molar refractivity (Wildman–Crippen MR) is 139 cm³/mol. The Morgan fingerprint density at radius 1 is 1.19 bits per heavy atom. The largest absolute Gasteiger partial charge is 0.385 e. The molecule has 1 heterocycles. The van der Waals surface area contributed by atoms with E-state index in [1.165, 1.54) is 25.7 Å². The molecular weight excluding hydrogens is 519 g/mol. The van der Waals surface area contributed by atoms with Gasteiger partial charge in [0.2, 0.25) is 5.91 Å². The molecule has 1 aliphatic heterocycles. The molecule has 1 aromatic rings. The van der Waals surface area contributed by atoms with Crippen molar-refractivity contribution in [1.82, 2.24) is 15.5 Å². The van der Waals surface area contributed by atoms with Gasteiger partial charge in [-0.1, -0.05) is 43.2 Å². The Balaban J connectivity index is 0.00000363. The van der Waals surface area contributed by atoms with Crippen molar-refractivity contribution in [3.63, 3.8) is 0 Å². The van der Waals surface area contributed by atoms with Gasteiger partial charge in [0.15, 0.2) is 5.96 Å². The van der Waals surface area contributed by atoms with Crippen LogP contribution in [-0.4, -0.2) is 76.9 Å². The first-order valence-corrected chi connectivity index (χ1v) is 11.5. The number of amides is 1. The van der Waals surface area contributed by atoms with Gasteiger partial charge in [0, 0.05) is 46.9 Å². The molecule has 180 valence electrons. The first-order valence-electron chi connectivity index (χ1n) is 11.5. The number of ether oxygens (including phenoxy) is 2. The summed E-state index contributed by atoms with van der Waals surface area (Å²) in [6, 6.07) is 10.0. The van der Waals surface area contributed by atoms with Crippen molar-refractivity contribution in [2.45, 2.75) is 38.0 Å². The minimum atomic E-state index is -0.258. The quantitative estimate of drug-likeness (QED) is 0.277. The zero-order valence-electron chi connectivity index (χ0n) is 19.5. The second-order valence-corrected chi connectivity index (χ2v) is 8.66. The summed E-state index contributed by atoms with van der Waals surface area (Å²) in [6.07, 6.45) is 6.07. The van der Waals surface area contributed by atoms with E-state index in [4.69, 9.17) is 9.47 Å². The molecule has 2 fully saturated rings. The van der Waals surface area contributed by atoms with Crippen molar-refractivity contribution in [2.24, 2.45) is 10.4 Å². The van der Waals surface area contributed by atoms with E-state index in [1.54, 1.807) is 14.2 Å². The fourth-order valence-corrected chi connectivity index (χ4v) is 4.69. The summed E-state index contributed by atoms with van der Waals surface area (Å²) < 4.78 is 10.8. The lowest BCUT2D eigenvalue weighted by Crippen LogP contribution is -2.48. The molecule has 32 heavy (non-hydrogen) atoms. The fourth-order valence-electron chi connectivity index (χ4n) is 4.69. The molecular formula is C24H39IN4O3. The highest BCUT2D eigenvalue weighted by Crippen LogP contribution is 2.40. The average molecular weight is 559 g/mol. The van der Waals surface area contributed by atoms with Crippen molar-refractivity contribution < 1.29 is 14.3 Å². The Labute approximate surface area is 209 Å². The normalized spacial score (nSPS) is 19.2. The van der Waals surface area contributed by atoms with Gasteiger partial charge < -0.3 is 25.0 Å². The van der Waals surface area contributed by atoms with Gasteiger partial charge in [0.25, 0.3) is 0 Å². The van der Waals surface area contributed by atoms with Crippen LogP contribution in [0.15, 0.2) is 35.3 Å². The maximum Gasteiger partial charge on any atom is 0.232 e. The van der Waals surface area contributed by atoms with Crippen molar-refractivity contribution in [1.29, 1.82) is 0 Å². The molecule has 3 rings (SSSR count). The van der Waals surface area contributed by atoms with Crippen molar-refractivity contribution in [2.75, 3.05) is 60.2 Å². The number of hydrogen-bond acceptors (Lipinski definition) is 4. The summed E-state index contributed by atoms with van der Waals surface area (Å²) in [7, 11) is 3.55. The maximum atomic E-state index is 13.3. The molecule has 2 aliphatic rings. The van der Waals surface area contributed by atoms with E-state index in [0.717, 1.165) is 31.1 Å². The average Bonchev–Trinajstić information content (AvgIpc) is 3.30. The zero-order valence-corrected chi connectivity index (χ0v) is 21.8. The first kappa shape index (κ1) is 26.9. The Bertz CT molecular complexity index is 704. The number of carbonyl (C=O) groups excluding carboxylic acids is 1. The summed E-state index contributed by atoms with van der Waals surface area (Å²) in [6.45, 7) is 4.68. The summed E-state index contributed by atoms with van der Waals surface area (Å²) in [4.78, 5) is 19.6. The minimum Gasteiger partial charge on any atom is -0.385 e. The molecule has 1 aromatic carbocycles. The molecule has 1 unspecified atom stereocenters. The summed E-state index contributed by atoms with van der Waals surface area (Å²) in [5.41, 5.74) is 1.30. The van der Waals surface area contributed by atoms with Crippen LogP contribution in [0.3, 0.4) is 0 Å². The van der Waals surface area contributed by atoms with Crippen LogP contribution in [0.1, 0.15) is 43.6 Å². The number of nitrogens with zero attached hydrogens (tertiary/aromatic N) is 2. The van der Waals surface area contributed by atoms with Gasteiger partial charge >= 0.3 is 0 Å². The van der Waals surface area contributed by atoms with Crippen LogP contribution in [0.5, 0.6) is 0 Å². The molecule has 2 N–H and O–H groups in total. The number of methoxy groups -OCH3 is 1. The van der Waals surface area contributed by atoms with E-state index < -0.39 is 0 Å². The number of morpholine rings is 1. The van der Waals surface area contributed by atoms with Gasteiger partial charge in [-0.3, -0.25) is 9.79 Å². The number of hydrogen-bond donors (Lipinski definition) is 2. The molecule has 7 nitrogen and oxygen atoms in total. The molecule has 1 saturated heterocycles. The van der Waals surface area contributed by atoms with E-state index >= 15 is 0 Å². The topological polar surface area (TPSA) is 75.2 Å². The Morgan fingerprint density at radius 2 is 1.88 bits per heavy atom. The number of halogens is 1. The van der Waals surface area contributed by atoms with Crippen molar-refractivity contribution in [3.8, 4) is 0 Å². The van der Waals surface area contributed by atoms with Gasteiger partial charge in [0.1, 0.15) is 0 Å². The smallest absolute Gasteiger partial charge is 0.232 e. The van der Waals surface area contributed by atoms with Crippen LogP contribution in [0.25, 0.3) is 0 Å². The van der Waals surface area contributed by atoms with Gasteiger partial charge in [-0.25, -0.2) is 0 Å². The molecule has 8 heteroatoms. The number of benzene rings is 1. The monoisotopic (exact) mass is 558 g/mol. The van der Waals surface area contributed by atoms with Crippen LogP contribution in [0, 0.1) is 5.41 Å². The SMILES string of the molecule is CN=C(NCC(C(=O)N1CCOCC1)c1ccccc1)NCC1(CCOC)CCCC1.I. The Morgan fingerprint density at radius 3 is 2.50 bits per heavy atom. The maximum absolute atomic E-state index is 13.3. The van der Waals surface area contributed by atoms with E-state index in [9.17, 15) is 4.79 Å². The van der Waals surface area contributed by atoms with Crippen LogP contribution in [-0.2, 0) is 14.3 Å². The van der Waals surface area contributed by atoms with E-state index in [0.29, 0.717) is 32.8 Å². The lowest BCUT2D eigenvalue weighted by Gasteiger charge is -2.32. The molecule has 0 spiro atoms. The fraction of sp³-hybridized carbons (Fsp3) is 0.667. The molecule has 1 amide bonds. The summed E-state index contributed by atoms with van der Waals surface area (Å²) >= 11 is 0. The molecule has 1 atom stereocenters. The Hall–Kier alpha value is -1.39. The highest BCUT2D eigenvalue weighted by atomic mass is 127. The van der Waals surface area contributed by atoms with Crippen molar-refractivity contribution >= 4 is 35.8 Å². The van der Waals surface area contributed by atoms with E-state index in [2.05, 4.69) is 15.6 Å². The molecule has 0 radical (unpaired) electrons. The molecule has 0 aromatic heterocycles. The summed E-state index contributed by atoms with van der Waals surface area (Å²) in [5.74, 6) is 0.635. The standard InChI is InChI=1S/C24H38N4O3.HI/c1-25-23(27-19-24(12-15-30-2)10-6-7-11-24)26-18-21(20-8-4-3-5-9-20)22(29)28-13-16-31-17-14-28;/h3-5,8-9,21H,6-7,10-19H2,1-2H3,(H2,25,26,27);1H. The van der Waals surface area contributed by atoms with Gasteiger partial charge in [-0.05, 0) is 30.2 Å². The molecule has 1 aliphatic carbocycles. The number of aliphatic imine (C=N–C) groups is 1. The third kappa shape index (κ3) is 7.59. The van der Waals surface area contributed by atoms with Crippen LogP contribution in [0.4, 0.5) is 0 Å². The highest BCUT2D eigenvalue weighted by molar-refractivity contribution is 14.0. The van der Waals surface area contributed by atoms with Crippen LogP contribution >= 0.6 is 24.0 Å². The van der Waals surface area contributed by atoms with Gasteiger partial charge in [-0.15, -0.1) is 24.0 Å². The van der Waals surface area contributed by atoms with E-state index in [-0.39, 0.29) is 41.2 Å². The second-order valence-electron chi connectivity index (χ2n) is 8.66. The lowest BCUT2D eigenvalue weighted by atomic mass is 9.83. The molecule has 0 bridgehead atoms. The number of carbonyl (C=O) groups is 1. The minimum absolute atomic E-state index is 0. The third-order valence-corrected chi connectivity index (χ3v) is 6.65. The van der Waals surface area contributed by atoms with Crippen LogP contribution in [0.2, 0.25) is 0 Å². The lowest BCUT2D eigenvalue weighted by molar-refractivity contribution is -0.136. The van der Waals surface area contributed by atoms with Crippen LogP contribution < -0.4 is 10.6 Å². The van der Waals surface area contributed by atoms with E-state index in [1.807, 2.05) is 35.2 Å². The number of nitrogens with one attached hydrogen (secondary N) is 2. The highest BCUT2D eigenvalue weighted by Gasteiger charge is 2.34. The zero-order chi connectivity index (χ0) is 21.9. The Kier molecular flexibility index (Phi) is 11.7. The number of rotatable bonds is 9. The molecule has 1 saturated carbocycles. The van der Waals surface area contributed by atoms with Gasteiger partial charge in [-0.2, -0.15) is 0 Å². The first-order chi connectivity index (χ1) is 15.2. The third-order valence-electron chi connectivity index (χ3n) is 6.65. The second kappa shape index (κ2) is 14.0. The predicted octanol–water partition coefficient (Wildman–Crippen LogP) is 3.01. The number of guanidine groups is 1.